The molecule has 2 aromatic rings. The minimum Gasteiger partial charge on any atom is -0.491 e. The summed E-state index contributed by atoms with van der Waals surface area (Å²) < 4.78 is 17.1. The number of thioether (sulfide) groups is 1. The second kappa shape index (κ2) is 14.2. The van der Waals surface area contributed by atoms with Crippen molar-refractivity contribution < 1.29 is 34.1 Å². The third-order valence-corrected chi connectivity index (χ3v) is 5.09. The Labute approximate surface area is 196 Å². The second-order valence-electron chi connectivity index (χ2n) is 6.54. The first-order valence-electron chi connectivity index (χ1n) is 10.2. The highest BCUT2D eigenvalue weighted by atomic mass is 32.2. The van der Waals surface area contributed by atoms with Gasteiger partial charge in [-0.3, -0.25) is 15.3 Å². The van der Waals surface area contributed by atoms with E-state index in [0.717, 1.165) is 11.0 Å². The van der Waals surface area contributed by atoms with Gasteiger partial charge in [-0.05, 0) is 49.6 Å². The fourth-order valence-corrected chi connectivity index (χ4v) is 3.31. The lowest BCUT2D eigenvalue weighted by Gasteiger charge is -2.27. The molecule has 4 N–H and O–H groups in total. The number of hydrogen-bond donors (Lipinski definition) is 4. The van der Waals surface area contributed by atoms with Crippen molar-refractivity contribution in [3.63, 3.8) is 0 Å². The van der Waals surface area contributed by atoms with Gasteiger partial charge >= 0.3 is 6.09 Å². The molecular weight excluding hydrogens is 448 g/mol. The van der Waals surface area contributed by atoms with Crippen LogP contribution in [-0.4, -0.2) is 54.5 Å². The molecule has 0 unspecified atom stereocenters. The van der Waals surface area contributed by atoms with Gasteiger partial charge < -0.3 is 19.3 Å². The van der Waals surface area contributed by atoms with Crippen molar-refractivity contribution in [2.75, 3.05) is 31.4 Å². The summed E-state index contributed by atoms with van der Waals surface area (Å²) in [5.41, 5.74) is 2.53. The minimum absolute atomic E-state index is 0.0414. The van der Waals surface area contributed by atoms with Gasteiger partial charge in [0.05, 0.1) is 6.61 Å². The van der Waals surface area contributed by atoms with Gasteiger partial charge in [0, 0.05) is 28.8 Å². The number of aliphatic hydroxyl groups is 1. The number of carbonyl (C=O) groups is 2. The fraction of sp³-hybridized carbons (Fsp3) is 0.304. The zero-order chi connectivity index (χ0) is 24.1. The van der Waals surface area contributed by atoms with Gasteiger partial charge in [0.15, 0.2) is 6.10 Å². The van der Waals surface area contributed by atoms with Crippen LogP contribution in [0.3, 0.4) is 0 Å². The van der Waals surface area contributed by atoms with Crippen molar-refractivity contribution in [2.24, 2.45) is 0 Å². The van der Waals surface area contributed by atoms with E-state index in [-0.39, 0.29) is 19.8 Å². The minimum atomic E-state index is -1.01. The van der Waals surface area contributed by atoms with Crippen LogP contribution in [-0.2, 0) is 14.3 Å². The highest BCUT2D eigenvalue weighted by Crippen LogP contribution is 2.33. The number of hydroxylamine groups is 1. The van der Waals surface area contributed by atoms with Gasteiger partial charge in [-0.25, -0.2) is 10.3 Å². The molecule has 2 atom stereocenters. The summed E-state index contributed by atoms with van der Waals surface area (Å²) in [6, 6.07) is 14.1. The monoisotopic (exact) mass is 476 g/mol. The van der Waals surface area contributed by atoms with Gasteiger partial charge in [-0.1, -0.05) is 18.2 Å². The van der Waals surface area contributed by atoms with Crippen molar-refractivity contribution >= 4 is 29.4 Å². The Morgan fingerprint density at radius 1 is 1.15 bits per heavy atom. The molecule has 0 radical (unpaired) electrons. The molecule has 0 aliphatic carbocycles. The molecule has 0 heterocycles. The predicted octanol–water partition coefficient (Wildman–Crippen LogP) is 3.54. The van der Waals surface area contributed by atoms with Crippen LogP contribution in [0.2, 0.25) is 0 Å². The van der Waals surface area contributed by atoms with E-state index in [0.29, 0.717) is 17.0 Å². The van der Waals surface area contributed by atoms with Crippen LogP contribution in [0.25, 0.3) is 0 Å². The number of carbonyl (C=O) groups excluding carboxylic acids is 2. The molecule has 0 bridgehead atoms. The van der Waals surface area contributed by atoms with Crippen LogP contribution in [0.5, 0.6) is 5.75 Å². The standard InChI is InChI=1S/C23H28N2O7S/c1-3-30-20(12-13-21(27)25-29)22(18-6-4-5-7-19(18)31-15-14-26)32-23(28)24-16-8-10-17(33-2)11-9-16/h4-13,20,22,26,29H,3,14-15H2,1-2H3,(H,24,28)(H,25,27)/b13-12+/t20-,22-/m1/s1. The third kappa shape index (κ3) is 8.43. The molecule has 0 saturated heterocycles. The topological polar surface area (TPSA) is 126 Å². The van der Waals surface area contributed by atoms with E-state index in [9.17, 15) is 9.59 Å². The number of benzene rings is 2. The van der Waals surface area contributed by atoms with Crippen LogP contribution in [0.1, 0.15) is 18.6 Å². The highest BCUT2D eigenvalue weighted by Gasteiger charge is 2.29. The SMILES string of the molecule is CCO[C@H](/C=C/C(=O)NO)[C@H](OC(=O)Nc1ccc(SC)cc1)c1ccccc1OCCO. The summed E-state index contributed by atoms with van der Waals surface area (Å²) in [5, 5.41) is 20.6. The van der Waals surface area contributed by atoms with Gasteiger partial charge in [0.2, 0.25) is 0 Å². The van der Waals surface area contributed by atoms with Crippen LogP contribution >= 0.6 is 11.8 Å². The van der Waals surface area contributed by atoms with E-state index in [2.05, 4.69) is 5.32 Å². The van der Waals surface area contributed by atoms with Crippen LogP contribution < -0.4 is 15.5 Å². The highest BCUT2D eigenvalue weighted by molar-refractivity contribution is 7.98. The van der Waals surface area contributed by atoms with E-state index in [1.165, 1.54) is 11.6 Å². The third-order valence-electron chi connectivity index (χ3n) is 4.35. The molecule has 0 saturated carbocycles. The zero-order valence-corrected chi connectivity index (χ0v) is 19.2. The maximum absolute atomic E-state index is 12.8. The van der Waals surface area contributed by atoms with Gasteiger partial charge in [0.25, 0.3) is 5.91 Å². The number of rotatable bonds is 12. The normalized spacial score (nSPS) is 12.7. The first-order chi connectivity index (χ1) is 16.0. The lowest BCUT2D eigenvalue weighted by molar-refractivity contribution is -0.124. The Kier molecular flexibility index (Phi) is 11.3. The Bertz CT molecular complexity index is 921. The maximum Gasteiger partial charge on any atom is 0.412 e. The van der Waals surface area contributed by atoms with Crippen molar-refractivity contribution in [1.82, 2.24) is 5.48 Å². The molecule has 2 rings (SSSR count). The molecular formula is C23H28N2O7S. The fourth-order valence-electron chi connectivity index (χ4n) is 2.90. The lowest BCUT2D eigenvalue weighted by atomic mass is 10.0. The summed E-state index contributed by atoms with van der Waals surface area (Å²) in [5.74, 6) is -0.375. The van der Waals surface area contributed by atoms with Crippen molar-refractivity contribution in [3.8, 4) is 5.75 Å². The molecule has 0 spiro atoms. The molecule has 0 aliphatic rings. The van der Waals surface area contributed by atoms with E-state index in [1.807, 2.05) is 18.4 Å². The van der Waals surface area contributed by atoms with Gasteiger partial charge in [-0.2, -0.15) is 0 Å². The van der Waals surface area contributed by atoms with E-state index in [1.54, 1.807) is 55.1 Å². The number of anilines is 1. The molecule has 0 aliphatic heterocycles. The van der Waals surface area contributed by atoms with Crippen LogP contribution in [0.15, 0.2) is 65.6 Å². The summed E-state index contributed by atoms with van der Waals surface area (Å²) in [6.45, 7) is 1.86. The largest absolute Gasteiger partial charge is 0.491 e. The average Bonchev–Trinajstić information content (AvgIpc) is 2.84. The number of nitrogens with one attached hydrogen (secondary N) is 2. The van der Waals surface area contributed by atoms with E-state index in [4.69, 9.17) is 24.5 Å². The number of aliphatic hydroxyl groups excluding tert-OH is 1. The van der Waals surface area contributed by atoms with Gasteiger partial charge in [0.1, 0.15) is 18.5 Å². The number of hydrogen-bond acceptors (Lipinski definition) is 8. The molecule has 2 aromatic carbocycles. The first-order valence-corrected chi connectivity index (χ1v) is 11.4. The zero-order valence-electron chi connectivity index (χ0n) is 18.4. The Morgan fingerprint density at radius 3 is 2.52 bits per heavy atom. The summed E-state index contributed by atoms with van der Waals surface area (Å²) in [7, 11) is 0. The molecule has 178 valence electrons. The number of amides is 2. The molecule has 9 nitrogen and oxygen atoms in total. The summed E-state index contributed by atoms with van der Waals surface area (Å²) in [6.07, 6.45) is 1.79. The van der Waals surface area contributed by atoms with Gasteiger partial charge in [-0.15, -0.1) is 11.8 Å². The molecule has 10 heteroatoms. The molecule has 2 amide bonds. The van der Waals surface area contributed by atoms with Crippen molar-refractivity contribution in [1.29, 1.82) is 0 Å². The van der Waals surface area contributed by atoms with Crippen LogP contribution in [0.4, 0.5) is 10.5 Å². The molecule has 33 heavy (non-hydrogen) atoms. The smallest absolute Gasteiger partial charge is 0.412 e. The maximum atomic E-state index is 12.8. The summed E-state index contributed by atoms with van der Waals surface area (Å²) >= 11 is 1.58. The quantitative estimate of drug-likeness (QED) is 0.159. The van der Waals surface area contributed by atoms with Crippen molar-refractivity contribution in [3.05, 3.63) is 66.2 Å². The summed E-state index contributed by atoms with van der Waals surface area (Å²) in [4.78, 5) is 25.3. The lowest BCUT2D eigenvalue weighted by Crippen LogP contribution is -2.28. The Balaban J connectivity index is 2.35. The predicted molar refractivity (Wildman–Crippen MR) is 125 cm³/mol. The molecule has 0 fully saturated rings. The van der Waals surface area contributed by atoms with E-state index < -0.39 is 24.2 Å². The number of para-hydroxylation sites is 1. The Morgan fingerprint density at radius 2 is 1.88 bits per heavy atom. The van der Waals surface area contributed by atoms with E-state index >= 15 is 0 Å². The second-order valence-corrected chi connectivity index (χ2v) is 7.42. The molecule has 0 aromatic heterocycles. The van der Waals surface area contributed by atoms with Crippen LogP contribution in [0, 0.1) is 0 Å². The number of ether oxygens (including phenoxy) is 3. The average molecular weight is 477 g/mol. The van der Waals surface area contributed by atoms with Crippen molar-refractivity contribution in [2.45, 2.75) is 24.0 Å². The Hall–Kier alpha value is -3.05. The first kappa shape index (κ1) is 26.2.